The predicted octanol–water partition coefficient (Wildman–Crippen LogP) is 2.04. The molecule has 1 fully saturated rings. The molecule has 0 radical (unpaired) electrons. The number of halogens is 1. The Hall–Kier alpha value is -2.38. The Balaban J connectivity index is 1.66. The van der Waals surface area contributed by atoms with Gasteiger partial charge in [0.05, 0.1) is 32.6 Å². The van der Waals surface area contributed by atoms with Crippen molar-refractivity contribution in [1.29, 1.82) is 0 Å². The highest BCUT2D eigenvalue weighted by Gasteiger charge is 2.28. The maximum atomic E-state index is 12.1. The lowest BCUT2D eigenvalue weighted by atomic mass is 10.0. The number of carbonyl (C=O) groups excluding carboxylic acids is 1. The Morgan fingerprint density at radius 1 is 1.17 bits per heavy atom. The minimum atomic E-state index is -0.0486. The van der Waals surface area contributed by atoms with Crippen LogP contribution in [0, 0.1) is 0 Å². The molecule has 1 amide bonds. The number of nitrogens with zero attached hydrogens (tertiary/aromatic N) is 4. The van der Waals surface area contributed by atoms with Gasteiger partial charge in [0, 0.05) is 38.0 Å². The summed E-state index contributed by atoms with van der Waals surface area (Å²) < 4.78 is 10.8. The van der Waals surface area contributed by atoms with Crippen molar-refractivity contribution in [3.8, 4) is 5.75 Å². The van der Waals surface area contributed by atoms with Crippen LogP contribution in [0.2, 0.25) is 0 Å². The molecule has 7 nitrogen and oxygen atoms in total. The van der Waals surface area contributed by atoms with E-state index in [1.807, 2.05) is 24.3 Å². The molecule has 2 aromatic rings. The molecule has 154 valence electrons. The second kappa shape index (κ2) is 8.97. The van der Waals surface area contributed by atoms with Crippen LogP contribution >= 0.6 is 11.6 Å². The van der Waals surface area contributed by atoms with Crippen molar-refractivity contribution >= 4 is 23.3 Å². The van der Waals surface area contributed by atoms with Crippen molar-refractivity contribution in [1.82, 2.24) is 14.9 Å². The van der Waals surface area contributed by atoms with E-state index in [0.717, 1.165) is 47.3 Å². The Kier molecular flexibility index (Phi) is 6.16. The monoisotopic (exact) mass is 416 g/mol. The molecule has 0 bridgehead atoms. The van der Waals surface area contributed by atoms with E-state index >= 15 is 0 Å². The number of carbonyl (C=O) groups is 1. The van der Waals surface area contributed by atoms with Crippen LogP contribution in [-0.4, -0.2) is 66.6 Å². The lowest BCUT2D eigenvalue weighted by Gasteiger charge is -2.34. The van der Waals surface area contributed by atoms with Gasteiger partial charge in [-0.3, -0.25) is 4.79 Å². The molecular weight excluding hydrogens is 392 g/mol. The topological polar surface area (TPSA) is 67.8 Å². The molecule has 29 heavy (non-hydrogen) atoms. The largest absolute Gasteiger partial charge is 0.497 e. The lowest BCUT2D eigenvalue weighted by Crippen LogP contribution is -2.41. The molecule has 3 heterocycles. The third kappa shape index (κ3) is 4.46. The van der Waals surface area contributed by atoms with Gasteiger partial charge in [-0.25, -0.2) is 9.97 Å². The number of ether oxygens (including phenoxy) is 2. The third-order valence-electron chi connectivity index (χ3n) is 5.38. The van der Waals surface area contributed by atoms with Gasteiger partial charge >= 0.3 is 0 Å². The quantitative estimate of drug-likeness (QED) is 0.695. The molecule has 0 unspecified atom stereocenters. The van der Waals surface area contributed by atoms with Crippen molar-refractivity contribution in [2.24, 2.45) is 0 Å². The van der Waals surface area contributed by atoms with Crippen LogP contribution in [0.3, 0.4) is 0 Å². The zero-order valence-electron chi connectivity index (χ0n) is 16.6. The number of fused-ring (bicyclic) bond motifs is 1. The van der Waals surface area contributed by atoms with E-state index in [1.165, 1.54) is 0 Å². The SMILES string of the molecule is COc1ccc(Cc2nc3c(c(N4CCOCC4)n2)CN(C(=O)CCl)CC3)cc1. The fraction of sp³-hybridized carbons (Fsp3) is 0.476. The molecule has 1 saturated heterocycles. The number of hydrogen-bond acceptors (Lipinski definition) is 6. The summed E-state index contributed by atoms with van der Waals surface area (Å²) in [5.74, 6) is 2.51. The first-order chi connectivity index (χ1) is 14.2. The van der Waals surface area contributed by atoms with Crippen molar-refractivity contribution in [2.75, 3.05) is 50.7 Å². The van der Waals surface area contributed by atoms with Crippen LogP contribution in [0.5, 0.6) is 5.75 Å². The summed E-state index contributed by atoms with van der Waals surface area (Å²) in [5.41, 5.74) is 3.20. The van der Waals surface area contributed by atoms with Crippen molar-refractivity contribution in [3.63, 3.8) is 0 Å². The predicted molar refractivity (Wildman–Crippen MR) is 111 cm³/mol. The maximum absolute atomic E-state index is 12.1. The molecule has 1 aromatic heterocycles. The molecule has 8 heteroatoms. The summed E-state index contributed by atoms with van der Waals surface area (Å²) in [6, 6.07) is 7.98. The number of hydrogen-bond donors (Lipinski definition) is 0. The normalized spacial score (nSPS) is 16.5. The molecule has 0 saturated carbocycles. The highest BCUT2D eigenvalue weighted by atomic mass is 35.5. The average molecular weight is 417 g/mol. The van der Waals surface area contributed by atoms with Gasteiger partial charge in [-0.05, 0) is 17.7 Å². The number of benzene rings is 1. The number of alkyl halides is 1. The summed E-state index contributed by atoms with van der Waals surface area (Å²) in [4.78, 5) is 26.0. The molecule has 1 aromatic carbocycles. The average Bonchev–Trinajstić information content (AvgIpc) is 2.79. The van der Waals surface area contributed by atoms with E-state index < -0.39 is 0 Å². The van der Waals surface area contributed by atoms with Crippen LogP contribution in [0.25, 0.3) is 0 Å². The first kappa shape index (κ1) is 19.9. The van der Waals surface area contributed by atoms with Gasteiger partial charge in [-0.2, -0.15) is 0 Å². The highest BCUT2D eigenvalue weighted by Crippen LogP contribution is 2.28. The summed E-state index contributed by atoms with van der Waals surface area (Å²) in [6.07, 6.45) is 1.37. The number of amides is 1. The molecule has 0 spiro atoms. The summed E-state index contributed by atoms with van der Waals surface area (Å²) in [6.45, 7) is 4.08. The number of morpholine rings is 1. The third-order valence-corrected chi connectivity index (χ3v) is 5.61. The second-order valence-electron chi connectivity index (χ2n) is 7.21. The smallest absolute Gasteiger partial charge is 0.237 e. The molecule has 0 atom stereocenters. The van der Waals surface area contributed by atoms with Gasteiger partial charge in [0.15, 0.2) is 0 Å². The van der Waals surface area contributed by atoms with Crippen LogP contribution < -0.4 is 9.64 Å². The van der Waals surface area contributed by atoms with Gasteiger partial charge < -0.3 is 19.3 Å². The van der Waals surface area contributed by atoms with Gasteiger partial charge in [0.25, 0.3) is 0 Å². The fourth-order valence-electron chi connectivity index (χ4n) is 3.79. The van der Waals surface area contributed by atoms with E-state index in [2.05, 4.69) is 4.90 Å². The molecule has 2 aliphatic rings. The van der Waals surface area contributed by atoms with Crippen LogP contribution in [0.4, 0.5) is 5.82 Å². The van der Waals surface area contributed by atoms with Crippen LogP contribution in [-0.2, 0) is 28.9 Å². The molecular formula is C21H25ClN4O3. The van der Waals surface area contributed by atoms with E-state index in [9.17, 15) is 4.79 Å². The number of anilines is 1. The van der Waals surface area contributed by atoms with Crippen LogP contribution in [0.1, 0.15) is 22.6 Å². The minimum Gasteiger partial charge on any atom is -0.497 e. The Morgan fingerprint density at radius 3 is 2.62 bits per heavy atom. The fourth-order valence-corrected chi connectivity index (χ4v) is 3.95. The van der Waals surface area contributed by atoms with Crippen molar-refractivity contribution < 1.29 is 14.3 Å². The summed E-state index contributed by atoms with van der Waals surface area (Å²) >= 11 is 5.78. The van der Waals surface area contributed by atoms with Crippen molar-refractivity contribution in [3.05, 3.63) is 46.9 Å². The number of aromatic nitrogens is 2. The summed E-state index contributed by atoms with van der Waals surface area (Å²) in [5, 5.41) is 0. The highest BCUT2D eigenvalue weighted by molar-refractivity contribution is 6.27. The maximum Gasteiger partial charge on any atom is 0.237 e. The minimum absolute atomic E-state index is 0.00136. The first-order valence-electron chi connectivity index (χ1n) is 9.86. The standard InChI is InChI=1S/C21H25ClN4O3/c1-28-16-4-2-15(3-5-16)12-19-23-18-6-7-26(20(27)13-22)14-17(18)21(24-19)25-8-10-29-11-9-25/h2-5H,6-14H2,1H3. The van der Waals surface area contributed by atoms with Gasteiger partial charge in [-0.1, -0.05) is 12.1 Å². The zero-order chi connectivity index (χ0) is 20.2. The van der Waals surface area contributed by atoms with E-state index in [-0.39, 0.29) is 11.8 Å². The van der Waals surface area contributed by atoms with Crippen LogP contribution in [0.15, 0.2) is 24.3 Å². The molecule has 2 aliphatic heterocycles. The Bertz CT molecular complexity index is 869. The molecule has 0 aliphatic carbocycles. The molecule has 4 rings (SSSR count). The van der Waals surface area contributed by atoms with Gasteiger partial charge in [-0.15, -0.1) is 11.6 Å². The van der Waals surface area contributed by atoms with Gasteiger partial charge in [0.1, 0.15) is 23.3 Å². The number of rotatable bonds is 5. The Morgan fingerprint density at radius 2 is 1.93 bits per heavy atom. The van der Waals surface area contributed by atoms with Crippen molar-refractivity contribution in [2.45, 2.75) is 19.4 Å². The Labute approximate surface area is 175 Å². The summed E-state index contributed by atoms with van der Waals surface area (Å²) in [7, 11) is 1.66. The number of methoxy groups -OCH3 is 1. The van der Waals surface area contributed by atoms with E-state index in [0.29, 0.717) is 39.1 Å². The van der Waals surface area contributed by atoms with E-state index in [1.54, 1.807) is 12.0 Å². The molecule has 0 N–H and O–H groups in total. The van der Waals surface area contributed by atoms with E-state index in [4.69, 9.17) is 31.0 Å². The first-order valence-corrected chi connectivity index (χ1v) is 10.4. The zero-order valence-corrected chi connectivity index (χ0v) is 17.3. The second-order valence-corrected chi connectivity index (χ2v) is 7.48. The lowest BCUT2D eigenvalue weighted by molar-refractivity contribution is -0.129. The van der Waals surface area contributed by atoms with Gasteiger partial charge in [0.2, 0.25) is 5.91 Å².